The maximum absolute atomic E-state index is 2.58. The molecule has 27 heavy (non-hydrogen) atoms. The quantitative estimate of drug-likeness (QED) is 0.156. The predicted octanol–water partition coefficient (Wildman–Crippen LogP) is 9.77. The molecule has 0 aromatic heterocycles. The van der Waals surface area contributed by atoms with Crippen molar-refractivity contribution in [1.29, 1.82) is 0 Å². The average Bonchev–Trinajstić information content (AvgIpc) is 3.28. The van der Waals surface area contributed by atoms with Crippen LogP contribution in [0.1, 0.15) is 148 Å². The van der Waals surface area contributed by atoms with Gasteiger partial charge in [-0.05, 0) is 37.0 Å². The van der Waals surface area contributed by atoms with Crippen molar-refractivity contribution in [3.63, 3.8) is 0 Å². The van der Waals surface area contributed by atoms with E-state index in [0.29, 0.717) is 5.41 Å². The van der Waals surface area contributed by atoms with E-state index in [1.54, 1.807) is 0 Å². The molecule has 2 unspecified atom stereocenters. The molecule has 0 heteroatoms. The van der Waals surface area contributed by atoms with Crippen LogP contribution in [0, 0.1) is 11.3 Å². The Kier molecular flexibility index (Phi) is 12.5. The first-order valence-corrected chi connectivity index (χ1v) is 13.0. The minimum absolute atomic E-state index is 0.666. The first kappa shape index (κ1) is 23.0. The van der Waals surface area contributed by atoms with Crippen LogP contribution in [-0.4, -0.2) is 0 Å². The molecule has 2 aliphatic carbocycles. The zero-order valence-corrected chi connectivity index (χ0v) is 18.8. The van der Waals surface area contributed by atoms with E-state index in [0.717, 1.165) is 5.92 Å². The molecule has 0 aromatic rings. The molecule has 0 heterocycles. The highest BCUT2D eigenvalue weighted by Crippen LogP contribution is 2.52. The maximum atomic E-state index is 2.58. The smallest absolute Gasteiger partial charge is 0.0112 e. The first-order valence-electron chi connectivity index (χ1n) is 13.0. The molecule has 0 saturated heterocycles. The highest BCUT2D eigenvalue weighted by molar-refractivity contribution is 5.15. The molecule has 0 radical (unpaired) electrons. The van der Waals surface area contributed by atoms with E-state index in [-0.39, 0.29) is 0 Å². The van der Waals surface area contributed by atoms with Crippen LogP contribution in [0.4, 0.5) is 0 Å². The van der Waals surface area contributed by atoms with Crippen molar-refractivity contribution in [1.82, 2.24) is 0 Å². The Balaban J connectivity index is 1.22. The van der Waals surface area contributed by atoms with E-state index < -0.39 is 0 Å². The Morgan fingerprint density at radius 2 is 1.07 bits per heavy atom. The van der Waals surface area contributed by atoms with Gasteiger partial charge in [-0.25, -0.2) is 0 Å². The number of hydrogen-bond acceptors (Lipinski definition) is 0. The Bertz CT molecular complexity index is 368. The van der Waals surface area contributed by atoms with E-state index in [4.69, 9.17) is 0 Å². The Morgan fingerprint density at radius 1 is 0.630 bits per heavy atom. The molecule has 158 valence electrons. The Hall–Kier alpha value is -0.260. The second-order valence-electron chi connectivity index (χ2n) is 9.98. The van der Waals surface area contributed by atoms with E-state index >= 15 is 0 Å². The lowest BCUT2D eigenvalue weighted by Crippen LogP contribution is -2.10. The predicted molar refractivity (Wildman–Crippen MR) is 122 cm³/mol. The highest BCUT2D eigenvalue weighted by Gasteiger charge is 2.39. The first-order chi connectivity index (χ1) is 13.3. The van der Waals surface area contributed by atoms with Crippen LogP contribution in [0.5, 0.6) is 0 Å². The van der Waals surface area contributed by atoms with Crippen LogP contribution in [-0.2, 0) is 0 Å². The minimum atomic E-state index is 0.666. The fourth-order valence-electron chi connectivity index (χ4n) is 5.54. The van der Waals surface area contributed by atoms with Crippen molar-refractivity contribution in [2.24, 2.45) is 11.3 Å². The SMILES string of the molecule is CCCCCCCCCCCCCCCCCCCCC12C=CC(CC1)C2. The lowest BCUT2D eigenvalue weighted by Gasteiger charge is -2.23. The van der Waals surface area contributed by atoms with Gasteiger partial charge < -0.3 is 0 Å². The van der Waals surface area contributed by atoms with Gasteiger partial charge in [0.05, 0.1) is 0 Å². The normalized spacial score (nSPS) is 23.5. The third kappa shape index (κ3) is 10.2. The largest absolute Gasteiger partial charge is 0.0848 e. The minimum Gasteiger partial charge on any atom is -0.0848 e. The number of fused-ring (bicyclic) bond motifs is 2. The standard InChI is InChI=1S/C27H50/c1-2-3-4-5-6-7-8-9-10-11-12-13-14-15-16-17-18-19-22-27-23-20-26(25-27)21-24-27/h20,23,26H,2-19,21-22,24-25H2,1H3. The molecule has 2 rings (SSSR count). The summed E-state index contributed by atoms with van der Waals surface area (Å²) >= 11 is 0. The van der Waals surface area contributed by atoms with Crippen molar-refractivity contribution >= 4 is 0 Å². The average molecular weight is 375 g/mol. The second kappa shape index (κ2) is 14.7. The molecule has 1 fully saturated rings. The van der Waals surface area contributed by atoms with Gasteiger partial charge in [0.2, 0.25) is 0 Å². The lowest BCUT2D eigenvalue weighted by molar-refractivity contribution is 0.350. The molecule has 0 amide bonds. The molecule has 0 aromatic carbocycles. The Morgan fingerprint density at radius 3 is 1.41 bits per heavy atom. The van der Waals surface area contributed by atoms with E-state index in [9.17, 15) is 0 Å². The summed E-state index contributed by atoms with van der Waals surface area (Å²) in [5.74, 6) is 0.959. The summed E-state index contributed by atoms with van der Waals surface area (Å²) in [7, 11) is 0. The fraction of sp³-hybridized carbons (Fsp3) is 0.926. The van der Waals surface area contributed by atoms with Gasteiger partial charge in [0.25, 0.3) is 0 Å². The van der Waals surface area contributed by atoms with Crippen LogP contribution < -0.4 is 0 Å². The lowest BCUT2D eigenvalue weighted by atomic mass is 9.82. The van der Waals surface area contributed by atoms with Crippen LogP contribution in [0.3, 0.4) is 0 Å². The summed E-state index contributed by atoms with van der Waals surface area (Å²) in [6.07, 6.45) is 37.7. The van der Waals surface area contributed by atoms with Gasteiger partial charge in [-0.1, -0.05) is 135 Å². The second-order valence-corrected chi connectivity index (χ2v) is 9.98. The molecule has 1 saturated carbocycles. The molecule has 2 aliphatic rings. The number of hydrogen-bond donors (Lipinski definition) is 0. The van der Waals surface area contributed by atoms with Crippen LogP contribution in [0.25, 0.3) is 0 Å². The summed E-state index contributed by atoms with van der Waals surface area (Å²) in [6, 6.07) is 0. The zero-order chi connectivity index (χ0) is 19.0. The van der Waals surface area contributed by atoms with Gasteiger partial charge in [-0.15, -0.1) is 0 Å². The van der Waals surface area contributed by atoms with Crippen LogP contribution >= 0.6 is 0 Å². The molecule has 2 atom stereocenters. The summed E-state index contributed by atoms with van der Waals surface area (Å²) in [5, 5.41) is 0. The number of rotatable bonds is 19. The third-order valence-corrected chi connectivity index (χ3v) is 7.43. The van der Waals surface area contributed by atoms with Crippen molar-refractivity contribution in [2.75, 3.05) is 0 Å². The topological polar surface area (TPSA) is 0 Å². The van der Waals surface area contributed by atoms with Crippen LogP contribution in [0.15, 0.2) is 12.2 Å². The number of allylic oxidation sites excluding steroid dienone is 2. The third-order valence-electron chi connectivity index (χ3n) is 7.43. The van der Waals surface area contributed by atoms with Crippen molar-refractivity contribution < 1.29 is 0 Å². The molecule has 0 spiro atoms. The molecular formula is C27H50. The van der Waals surface area contributed by atoms with Gasteiger partial charge in [0, 0.05) is 0 Å². The maximum Gasteiger partial charge on any atom is -0.0112 e. The molecule has 0 aliphatic heterocycles. The zero-order valence-electron chi connectivity index (χ0n) is 18.8. The highest BCUT2D eigenvalue weighted by atomic mass is 14.4. The van der Waals surface area contributed by atoms with Gasteiger partial charge in [0.15, 0.2) is 0 Å². The van der Waals surface area contributed by atoms with Gasteiger partial charge in [0.1, 0.15) is 0 Å². The van der Waals surface area contributed by atoms with Gasteiger partial charge in [-0.3, -0.25) is 0 Å². The Labute approximate surface area is 172 Å². The monoisotopic (exact) mass is 374 g/mol. The van der Waals surface area contributed by atoms with Gasteiger partial charge >= 0.3 is 0 Å². The van der Waals surface area contributed by atoms with E-state index in [1.165, 1.54) is 141 Å². The molecular weight excluding hydrogens is 324 g/mol. The molecule has 2 bridgehead atoms. The summed E-state index contributed by atoms with van der Waals surface area (Å²) < 4.78 is 0. The fourth-order valence-corrected chi connectivity index (χ4v) is 5.54. The van der Waals surface area contributed by atoms with Crippen LogP contribution in [0.2, 0.25) is 0 Å². The van der Waals surface area contributed by atoms with Crippen molar-refractivity contribution in [3.8, 4) is 0 Å². The van der Waals surface area contributed by atoms with Crippen molar-refractivity contribution in [3.05, 3.63) is 12.2 Å². The van der Waals surface area contributed by atoms with E-state index in [1.807, 2.05) is 0 Å². The molecule has 0 N–H and O–H groups in total. The van der Waals surface area contributed by atoms with Crippen molar-refractivity contribution in [2.45, 2.75) is 148 Å². The summed E-state index contributed by atoms with van der Waals surface area (Å²) in [5.41, 5.74) is 0.666. The molecule has 0 nitrogen and oxygen atoms in total. The summed E-state index contributed by atoms with van der Waals surface area (Å²) in [4.78, 5) is 0. The summed E-state index contributed by atoms with van der Waals surface area (Å²) in [6.45, 7) is 2.30. The number of unbranched alkanes of at least 4 members (excludes halogenated alkanes) is 17. The van der Waals surface area contributed by atoms with E-state index in [2.05, 4.69) is 19.1 Å². The van der Waals surface area contributed by atoms with Gasteiger partial charge in [-0.2, -0.15) is 0 Å².